The van der Waals surface area contributed by atoms with Gasteiger partial charge in [-0.1, -0.05) is 34.5 Å². The van der Waals surface area contributed by atoms with Gasteiger partial charge in [0.15, 0.2) is 0 Å². The fourth-order valence-electron chi connectivity index (χ4n) is 1.00. The summed E-state index contributed by atoms with van der Waals surface area (Å²) in [4.78, 5) is 8.37. The van der Waals surface area contributed by atoms with Gasteiger partial charge in [-0.15, -0.1) is 0 Å². The van der Waals surface area contributed by atoms with Gasteiger partial charge < -0.3 is 9.84 Å². The molecule has 0 fully saturated rings. The highest BCUT2D eigenvalue weighted by Gasteiger charge is 2.10. The molecule has 2 rings (SSSR count). The van der Waals surface area contributed by atoms with Gasteiger partial charge in [0.2, 0.25) is 0 Å². The molecule has 0 amide bonds. The summed E-state index contributed by atoms with van der Waals surface area (Å²) in [5, 5.41) is 10.0. The highest BCUT2D eigenvalue weighted by Crippen LogP contribution is 2.32. The highest BCUT2D eigenvalue weighted by molar-refractivity contribution is 7.13. The number of ether oxygens (including phenoxy) is 1. The van der Waals surface area contributed by atoms with Gasteiger partial charge in [0, 0.05) is 12.3 Å². The summed E-state index contributed by atoms with van der Waals surface area (Å²) in [6, 6.07) is 1.61. The first-order valence-electron chi connectivity index (χ1n) is 4.23. The summed E-state index contributed by atoms with van der Waals surface area (Å²) < 4.78 is 5.39. The van der Waals surface area contributed by atoms with E-state index in [4.69, 9.17) is 33.0 Å². The largest absolute Gasteiger partial charge is 0.429 e. The van der Waals surface area contributed by atoms with Crippen molar-refractivity contribution in [1.82, 2.24) is 9.97 Å². The maximum atomic E-state index is 8.94. The second-order valence-electron chi connectivity index (χ2n) is 2.79. The molecular formula is C9H6Cl2N2O2S. The molecule has 7 heteroatoms. The van der Waals surface area contributed by atoms with Crippen molar-refractivity contribution in [3.63, 3.8) is 0 Å². The smallest absolute Gasteiger partial charge is 0.280 e. The molecule has 0 saturated carbocycles. The first-order chi connectivity index (χ1) is 7.69. The van der Waals surface area contributed by atoms with Gasteiger partial charge in [0.05, 0.1) is 22.7 Å². The molecule has 0 aliphatic carbocycles. The minimum Gasteiger partial charge on any atom is -0.429 e. The van der Waals surface area contributed by atoms with Crippen LogP contribution in [0, 0.1) is 0 Å². The predicted octanol–water partition coefficient (Wildman–Crippen LogP) is 3.13. The van der Waals surface area contributed by atoms with Crippen molar-refractivity contribution in [3.05, 3.63) is 33.5 Å². The van der Waals surface area contributed by atoms with E-state index >= 15 is 0 Å². The van der Waals surface area contributed by atoms with Crippen LogP contribution >= 0.6 is 34.5 Å². The number of pyridine rings is 1. The third kappa shape index (κ3) is 2.62. The number of thiazole rings is 1. The summed E-state index contributed by atoms with van der Waals surface area (Å²) in [6.45, 7) is -0.159. The number of hydrogen-bond acceptors (Lipinski definition) is 5. The maximum absolute atomic E-state index is 8.94. The van der Waals surface area contributed by atoms with Gasteiger partial charge in [-0.25, -0.2) is 0 Å². The Balaban J connectivity index is 2.20. The first kappa shape index (κ1) is 11.6. The minimum atomic E-state index is -0.159. The van der Waals surface area contributed by atoms with Crippen LogP contribution in [0.5, 0.6) is 10.9 Å². The van der Waals surface area contributed by atoms with E-state index in [2.05, 4.69) is 9.97 Å². The van der Waals surface area contributed by atoms with E-state index in [9.17, 15) is 0 Å². The van der Waals surface area contributed by atoms with E-state index in [1.807, 2.05) is 0 Å². The molecule has 84 valence electrons. The monoisotopic (exact) mass is 276 g/mol. The van der Waals surface area contributed by atoms with Gasteiger partial charge in [0.1, 0.15) is 10.9 Å². The van der Waals surface area contributed by atoms with Crippen LogP contribution in [0.4, 0.5) is 0 Å². The Morgan fingerprint density at radius 1 is 1.38 bits per heavy atom. The average Bonchev–Trinajstić information content (AvgIpc) is 2.58. The second-order valence-corrected chi connectivity index (χ2v) is 4.63. The molecule has 2 aromatic heterocycles. The van der Waals surface area contributed by atoms with E-state index in [-0.39, 0.29) is 11.8 Å². The lowest BCUT2D eigenvalue weighted by atomic mass is 10.5. The van der Waals surface area contributed by atoms with Crippen LogP contribution in [-0.4, -0.2) is 15.1 Å². The molecule has 2 heterocycles. The quantitative estimate of drug-likeness (QED) is 0.936. The average molecular weight is 277 g/mol. The Morgan fingerprint density at radius 2 is 2.19 bits per heavy atom. The van der Waals surface area contributed by atoms with Crippen LogP contribution in [0.2, 0.25) is 10.2 Å². The van der Waals surface area contributed by atoms with Gasteiger partial charge in [-0.3, -0.25) is 4.98 Å². The maximum Gasteiger partial charge on any atom is 0.280 e. The Hall–Kier alpha value is -0.880. The SMILES string of the molecule is OCc1sc(Oc2cncc(Cl)c2)nc1Cl. The van der Waals surface area contributed by atoms with E-state index in [1.54, 1.807) is 6.07 Å². The van der Waals surface area contributed by atoms with Gasteiger partial charge in [0.25, 0.3) is 5.19 Å². The zero-order chi connectivity index (χ0) is 11.5. The summed E-state index contributed by atoms with van der Waals surface area (Å²) >= 11 is 12.7. The molecule has 0 bridgehead atoms. The molecule has 16 heavy (non-hydrogen) atoms. The molecule has 0 saturated heterocycles. The number of hydrogen-bond donors (Lipinski definition) is 1. The van der Waals surface area contributed by atoms with Gasteiger partial charge in [-0.2, -0.15) is 4.98 Å². The third-order valence-electron chi connectivity index (χ3n) is 1.66. The first-order valence-corrected chi connectivity index (χ1v) is 5.80. The Bertz CT molecular complexity index is 504. The molecule has 0 aliphatic rings. The molecule has 0 aliphatic heterocycles. The molecule has 2 aromatic rings. The van der Waals surface area contributed by atoms with Crippen LogP contribution in [0.3, 0.4) is 0 Å². The van der Waals surface area contributed by atoms with Crippen molar-refractivity contribution < 1.29 is 9.84 Å². The van der Waals surface area contributed by atoms with Crippen LogP contribution in [-0.2, 0) is 6.61 Å². The summed E-state index contributed by atoms with van der Waals surface area (Å²) in [7, 11) is 0. The van der Waals surface area contributed by atoms with Gasteiger partial charge in [-0.05, 0) is 0 Å². The second kappa shape index (κ2) is 4.97. The zero-order valence-corrected chi connectivity index (χ0v) is 10.2. The lowest BCUT2D eigenvalue weighted by Gasteiger charge is -1.99. The molecule has 0 spiro atoms. The molecule has 0 atom stereocenters. The topological polar surface area (TPSA) is 55.2 Å². The van der Waals surface area contributed by atoms with Crippen molar-refractivity contribution in [2.24, 2.45) is 0 Å². The van der Waals surface area contributed by atoms with E-state index in [1.165, 1.54) is 23.7 Å². The number of aliphatic hydroxyl groups excluding tert-OH is 1. The Morgan fingerprint density at radius 3 is 2.81 bits per heavy atom. The van der Waals surface area contributed by atoms with Crippen molar-refractivity contribution in [2.75, 3.05) is 0 Å². The number of rotatable bonds is 3. The zero-order valence-electron chi connectivity index (χ0n) is 7.85. The minimum absolute atomic E-state index is 0.159. The van der Waals surface area contributed by atoms with Gasteiger partial charge >= 0.3 is 0 Å². The summed E-state index contributed by atoms with van der Waals surface area (Å²) in [5.74, 6) is 0.474. The van der Waals surface area contributed by atoms with Crippen LogP contribution < -0.4 is 4.74 Å². The van der Waals surface area contributed by atoms with Crippen LogP contribution in [0.25, 0.3) is 0 Å². The molecule has 0 radical (unpaired) electrons. The van der Waals surface area contributed by atoms with Crippen molar-refractivity contribution in [3.8, 4) is 10.9 Å². The van der Waals surface area contributed by atoms with E-state index in [0.29, 0.717) is 20.8 Å². The molecule has 0 aromatic carbocycles. The summed E-state index contributed by atoms with van der Waals surface area (Å²) in [5.41, 5.74) is 0. The van der Waals surface area contributed by atoms with Crippen molar-refractivity contribution >= 4 is 34.5 Å². The lowest BCUT2D eigenvalue weighted by Crippen LogP contribution is -1.83. The van der Waals surface area contributed by atoms with Crippen molar-refractivity contribution in [1.29, 1.82) is 0 Å². The lowest BCUT2D eigenvalue weighted by molar-refractivity contribution is 0.285. The Labute approximate surface area is 105 Å². The predicted molar refractivity (Wildman–Crippen MR) is 62.4 cm³/mol. The number of nitrogens with zero attached hydrogens (tertiary/aromatic N) is 2. The molecule has 4 nitrogen and oxygen atoms in total. The molecule has 0 unspecified atom stereocenters. The van der Waals surface area contributed by atoms with Crippen LogP contribution in [0.1, 0.15) is 4.88 Å². The molecular weight excluding hydrogens is 271 g/mol. The summed E-state index contributed by atoms with van der Waals surface area (Å²) in [6.07, 6.45) is 3.02. The molecule has 1 N–H and O–H groups in total. The number of aromatic nitrogens is 2. The standard InChI is InChI=1S/C9H6Cl2N2O2S/c10-5-1-6(3-12-2-5)15-9-13-8(11)7(4-14)16-9/h1-3,14H,4H2. The highest BCUT2D eigenvalue weighted by atomic mass is 35.5. The number of halogens is 2. The third-order valence-corrected chi connectivity index (χ3v) is 3.21. The normalized spacial score (nSPS) is 10.4. The van der Waals surface area contributed by atoms with Crippen LogP contribution in [0.15, 0.2) is 18.5 Å². The number of aliphatic hydroxyl groups is 1. The van der Waals surface area contributed by atoms with Crippen molar-refractivity contribution in [2.45, 2.75) is 6.61 Å². The Kier molecular flexibility index (Phi) is 3.60. The fraction of sp³-hybridized carbons (Fsp3) is 0.111. The fourth-order valence-corrected chi connectivity index (χ4v) is 2.15. The van der Waals surface area contributed by atoms with E-state index < -0.39 is 0 Å². The van der Waals surface area contributed by atoms with E-state index in [0.717, 1.165) is 0 Å².